The Morgan fingerprint density at radius 3 is 1.94 bits per heavy atom. The van der Waals surface area contributed by atoms with Gasteiger partial charge in [-0.15, -0.1) is 0 Å². The number of hydrogen-bond donors (Lipinski definition) is 3. The second kappa shape index (κ2) is 12.7. The number of nitrogens with one attached hydrogen (secondary N) is 2. The van der Waals surface area contributed by atoms with Crippen LogP contribution in [0.1, 0.15) is 102 Å². The molecule has 0 fully saturated rings. The molecule has 0 aliphatic carbocycles. The van der Waals surface area contributed by atoms with Crippen molar-refractivity contribution in [2.24, 2.45) is 23.2 Å². The van der Waals surface area contributed by atoms with E-state index < -0.39 is 22.8 Å². The molecule has 0 rings (SSSR count). The lowest BCUT2D eigenvalue weighted by Gasteiger charge is -2.36. The maximum Gasteiger partial charge on any atom is 0.307 e. The van der Waals surface area contributed by atoms with Gasteiger partial charge in [-0.1, -0.05) is 41.5 Å². The van der Waals surface area contributed by atoms with Crippen LogP contribution in [-0.4, -0.2) is 46.7 Å². The third-order valence-corrected chi connectivity index (χ3v) is 5.81. The van der Waals surface area contributed by atoms with E-state index >= 15 is 0 Å². The molecule has 7 nitrogen and oxygen atoms in total. The van der Waals surface area contributed by atoms with Crippen molar-refractivity contribution in [1.29, 1.82) is 0 Å². The van der Waals surface area contributed by atoms with Gasteiger partial charge in [-0.2, -0.15) is 0 Å². The SMILES string of the molecule is CC(C)CCOC(C)(C)CC(C)(C)NC(=O)C(C)CC(C)NC(=O)CC(C(=O)O)C(C)(C)C. The van der Waals surface area contributed by atoms with Gasteiger partial charge in [0.15, 0.2) is 0 Å². The minimum Gasteiger partial charge on any atom is -0.481 e. The number of ether oxygens (including phenoxy) is 1. The number of hydrogen-bond acceptors (Lipinski definition) is 4. The normalized spacial score (nSPS) is 15.6. The van der Waals surface area contributed by atoms with Gasteiger partial charge in [0.1, 0.15) is 0 Å². The van der Waals surface area contributed by atoms with Crippen molar-refractivity contribution in [3.8, 4) is 0 Å². The minimum atomic E-state index is -0.976. The molecule has 0 aromatic heterocycles. The highest BCUT2D eigenvalue weighted by atomic mass is 16.5. The monoisotopic (exact) mass is 470 g/mol. The molecule has 0 radical (unpaired) electrons. The zero-order valence-electron chi connectivity index (χ0n) is 22.9. The van der Waals surface area contributed by atoms with Crippen LogP contribution in [0.25, 0.3) is 0 Å². The molecule has 0 saturated heterocycles. The summed E-state index contributed by atoms with van der Waals surface area (Å²) in [5.41, 5.74) is -1.32. The van der Waals surface area contributed by atoms with Gasteiger partial charge in [0.25, 0.3) is 0 Å². The fourth-order valence-corrected chi connectivity index (χ4v) is 4.17. The largest absolute Gasteiger partial charge is 0.481 e. The van der Waals surface area contributed by atoms with Gasteiger partial charge in [0, 0.05) is 30.5 Å². The summed E-state index contributed by atoms with van der Waals surface area (Å²) < 4.78 is 6.06. The van der Waals surface area contributed by atoms with Crippen molar-refractivity contribution < 1.29 is 24.2 Å². The van der Waals surface area contributed by atoms with E-state index in [1.54, 1.807) is 0 Å². The molecular formula is C26H50N2O5. The Morgan fingerprint density at radius 1 is 0.939 bits per heavy atom. The lowest BCUT2D eigenvalue weighted by Crippen LogP contribution is -2.50. The quantitative estimate of drug-likeness (QED) is 0.339. The smallest absolute Gasteiger partial charge is 0.307 e. The maximum atomic E-state index is 12.8. The van der Waals surface area contributed by atoms with Crippen LogP contribution in [0, 0.1) is 23.2 Å². The zero-order chi connectivity index (χ0) is 26.2. The summed E-state index contributed by atoms with van der Waals surface area (Å²) in [6.45, 7) is 22.2. The van der Waals surface area contributed by atoms with Crippen molar-refractivity contribution in [1.82, 2.24) is 10.6 Å². The first kappa shape index (κ1) is 31.4. The number of carboxylic acids is 1. The van der Waals surface area contributed by atoms with Crippen LogP contribution >= 0.6 is 0 Å². The Morgan fingerprint density at radius 2 is 1.48 bits per heavy atom. The van der Waals surface area contributed by atoms with E-state index in [9.17, 15) is 19.5 Å². The second-order valence-electron chi connectivity index (χ2n) is 12.4. The molecule has 0 bridgehead atoms. The predicted molar refractivity (Wildman–Crippen MR) is 133 cm³/mol. The molecule has 0 aliphatic heterocycles. The second-order valence-corrected chi connectivity index (χ2v) is 12.4. The van der Waals surface area contributed by atoms with Crippen LogP contribution in [-0.2, 0) is 19.1 Å². The van der Waals surface area contributed by atoms with Crippen molar-refractivity contribution in [3.63, 3.8) is 0 Å². The van der Waals surface area contributed by atoms with Crippen LogP contribution in [0.5, 0.6) is 0 Å². The van der Waals surface area contributed by atoms with E-state index in [0.717, 1.165) is 6.42 Å². The van der Waals surface area contributed by atoms with Crippen molar-refractivity contribution in [2.45, 2.75) is 119 Å². The molecule has 0 spiro atoms. The van der Waals surface area contributed by atoms with E-state index in [2.05, 4.69) is 24.5 Å². The predicted octanol–water partition coefficient (Wildman–Crippen LogP) is 4.78. The van der Waals surface area contributed by atoms with E-state index in [1.807, 2.05) is 62.3 Å². The lowest BCUT2D eigenvalue weighted by atomic mass is 9.78. The molecule has 33 heavy (non-hydrogen) atoms. The van der Waals surface area contributed by atoms with Gasteiger partial charge in [0.05, 0.1) is 11.5 Å². The topological polar surface area (TPSA) is 105 Å². The molecule has 7 heteroatoms. The van der Waals surface area contributed by atoms with Crippen LogP contribution in [0.4, 0.5) is 0 Å². The molecule has 0 aromatic carbocycles. The third-order valence-electron chi connectivity index (χ3n) is 5.81. The van der Waals surface area contributed by atoms with Gasteiger partial charge in [-0.05, 0) is 65.2 Å². The number of carbonyl (C=O) groups excluding carboxylic acids is 2. The average molecular weight is 471 g/mol. The summed E-state index contributed by atoms with van der Waals surface area (Å²) in [5, 5.41) is 15.4. The van der Waals surface area contributed by atoms with Crippen LogP contribution < -0.4 is 10.6 Å². The van der Waals surface area contributed by atoms with E-state index in [4.69, 9.17) is 4.74 Å². The Labute approximate surface area is 201 Å². The molecule has 0 aliphatic rings. The van der Waals surface area contributed by atoms with Gasteiger partial charge in [-0.3, -0.25) is 14.4 Å². The molecule has 2 amide bonds. The Hall–Kier alpha value is -1.63. The average Bonchev–Trinajstić information content (AvgIpc) is 2.55. The Bertz CT molecular complexity index is 650. The molecule has 3 N–H and O–H groups in total. The van der Waals surface area contributed by atoms with Crippen LogP contribution in [0.2, 0.25) is 0 Å². The highest BCUT2D eigenvalue weighted by Gasteiger charge is 2.34. The molecule has 0 heterocycles. The standard InChI is InChI=1S/C26H50N2O5/c1-17(2)12-13-33-26(10,11)16-25(8,9)28-22(30)18(3)14-19(4)27-21(29)15-20(23(31)32)24(5,6)7/h17-20H,12-16H2,1-11H3,(H,27,29)(H,28,30)(H,31,32). The molecule has 194 valence electrons. The van der Waals surface area contributed by atoms with Gasteiger partial charge < -0.3 is 20.5 Å². The maximum absolute atomic E-state index is 12.8. The van der Waals surface area contributed by atoms with Crippen molar-refractivity contribution in [2.75, 3.05) is 6.61 Å². The van der Waals surface area contributed by atoms with Crippen molar-refractivity contribution in [3.05, 3.63) is 0 Å². The van der Waals surface area contributed by atoms with Crippen molar-refractivity contribution >= 4 is 17.8 Å². The Balaban J connectivity index is 4.74. The molecule has 0 aromatic rings. The first-order valence-corrected chi connectivity index (χ1v) is 12.2. The number of carboxylic acid groups (broad SMARTS) is 1. The summed E-state index contributed by atoms with van der Waals surface area (Å²) >= 11 is 0. The number of aliphatic carboxylic acids is 1. The van der Waals surface area contributed by atoms with Gasteiger partial charge in [0.2, 0.25) is 11.8 Å². The first-order valence-electron chi connectivity index (χ1n) is 12.2. The van der Waals surface area contributed by atoms with E-state index in [-0.39, 0.29) is 35.8 Å². The fraction of sp³-hybridized carbons (Fsp3) is 0.885. The highest BCUT2D eigenvalue weighted by molar-refractivity contribution is 5.83. The summed E-state index contributed by atoms with van der Waals surface area (Å²) in [6.07, 6.45) is 2.06. The van der Waals surface area contributed by atoms with Crippen LogP contribution in [0.3, 0.4) is 0 Å². The molecular weight excluding hydrogens is 420 g/mol. The summed E-state index contributed by atoms with van der Waals surface area (Å²) in [6, 6.07) is -0.244. The van der Waals surface area contributed by atoms with E-state index in [0.29, 0.717) is 25.4 Å². The molecule has 3 unspecified atom stereocenters. The minimum absolute atomic E-state index is 0.0721. The van der Waals surface area contributed by atoms with E-state index in [1.165, 1.54) is 0 Å². The number of amides is 2. The van der Waals surface area contributed by atoms with Gasteiger partial charge in [-0.25, -0.2) is 0 Å². The number of carbonyl (C=O) groups is 3. The highest BCUT2D eigenvalue weighted by Crippen LogP contribution is 2.29. The van der Waals surface area contributed by atoms with Gasteiger partial charge >= 0.3 is 5.97 Å². The summed E-state index contributed by atoms with van der Waals surface area (Å²) in [7, 11) is 0. The third kappa shape index (κ3) is 13.6. The zero-order valence-corrected chi connectivity index (χ0v) is 22.9. The molecule has 0 saturated carbocycles. The number of rotatable bonds is 14. The molecule has 3 atom stereocenters. The first-order chi connectivity index (χ1) is 14.8. The lowest BCUT2D eigenvalue weighted by molar-refractivity contribution is -0.148. The fourth-order valence-electron chi connectivity index (χ4n) is 4.17. The summed E-state index contributed by atoms with van der Waals surface area (Å²) in [4.78, 5) is 36.7. The summed E-state index contributed by atoms with van der Waals surface area (Å²) in [5.74, 6) is -1.84. The Kier molecular flexibility index (Phi) is 12.1. The van der Waals surface area contributed by atoms with Crippen LogP contribution in [0.15, 0.2) is 0 Å².